The number of imide groups is 1. The average molecular weight is 450 g/mol. The minimum atomic E-state index is -0.349. The van der Waals surface area contributed by atoms with Crippen LogP contribution in [0.4, 0.5) is 0 Å². The summed E-state index contributed by atoms with van der Waals surface area (Å²) in [5.74, 6) is -0.338. The first-order valence-electron chi connectivity index (χ1n) is 11.1. The molecule has 4 amide bonds. The van der Waals surface area contributed by atoms with Crippen molar-refractivity contribution in [3.8, 4) is 5.75 Å². The molecule has 4 rings (SSSR count). The molecule has 33 heavy (non-hydrogen) atoms. The summed E-state index contributed by atoms with van der Waals surface area (Å²) in [5, 5.41) is 2.96. The van der Waals surface area contributed by atoms with E-state index in [2.05, 4.69) is 5.32 Å². The molecule has 0 atom stereocenters. The number of hydrogen-bond acceptors (Lipinski definition) is 5. The molecule has 2 heterocycles. The van der Waals surface area contributed by atoms with Gasteiger partial charge in [0.05, 0.1) is 11.1 Å². The molecule has 0 aromatic heterocycles. The predicted molar refractivity (Wildman–Crippen MR) is 121 cm³/mol. The van der Waals surface area contributed by atoms with Gasteiger partial charge < -0.3 is 15.0 Å². The lowest BCUT2D eigenvalue weighted by atomic mass is 10.0. The summed E-state index contributed by atoms with van der Waals surface area (Å²) in [6.45, 7) is 3.04. The molecule has 0 bridgehead atoms. The Labute approximate surface area is 192 Å². The predicted octanol–water partition coefficient (Wildman–Crippen LogP) is 2.17. The van der Waals surface area contributed by atoms with Gasteiger partial charge in [0.1, 0.15) is 5.75 Å². The molecule has 172 valence electrons. The van der Waals surface area contributed by atoms with Gasteiger partial charge >= 0.3 is 0 Å². The molecule has 1 fully saturated rings. The lowest BCUT2D eigenvalue weighted by Gasteiger charge is -2.32. The zero-order valence-corrected chi connectivity index (χ0v) is 18.6. The van der Waals surface area contributed by atoms with E-state index in [1.165, 1.54) is 0 Å². The Kier molecular flexibility index (Phi) is 6.72. The fourth-order valence-corrected chi connectivity index (χ4v) is 4.13. The van der Waals surface area contributed by atoms with Gasteiger partial charge in [0.2, 0.25) is 5.91 Å². The van der Waals surface area contributed by atoms with Crippen molar-refractivity contribution in [1.82, 2.24) is 15.1 Å². The topological polar surface area (TPSA) is 96.0 Å². The molecule has 2 aromatic rings. The molecule has 2 aromatic carbocycles. The Morgan fingerprint density at radius 1 is 0.970 bits per heavy atom. The number of carbonyl (C=O) groups is 4. The summed E-state index contributed by atoms with van der Waals surface area (Å²) in [7, 11) is 0. The number of benzene rings is 2. The molecule has 0 spiro atoms. The van der Waals surface area contributed by atoms with Crippen LogP contribution in [0.2, 0.25) is 0 Å². The van der Waals surface area contributed by atoms with Gasteiger partial charge in [0.15, 0.2) is 6.61 Å². The lowest BCUT2D eigenvalue weighted by Crippen LogP contribution is -2.48. The van der Waals surface area contributed by atoms with E-state index in [0.29, 0.717) is 42.8 Å². The Balaban J connectivity index is 1.18. The van der Waals surface area contributed by atoms with Gasteiger partial charge in [-0.25, -0.2) is 0 Å². The maximum absolute atomic E-state index is 12.6. The molecule has 2 aliphatic rings. The molecule has 1 N–H and O–H groups in total. The third-order valence-electron chi connectivity index (χ3n) is 6.03. The highest BCUT2D eigenvalue weighted by Crippen LogP contribution is 2.23. The van der Waals surface area contributed by atoms with Crippen molar-refractivity contribution in [2.75, 3.05) is 26.2 Å². The highest BCUT2D eigenvalue weighted by Gasteiger charge is 2.35. The quantitative estimate of drug-likeness (QED) is 0.654. The van der Waals surface area contributed by atoms with Crippen LogP contribution in [0, 0.1) is 6.92 Å². The van der Waals surface area contributed by atoms with Crippen molar-refractivity contribution in [3.63, 3.8) is 0 Å². The average Bonchev–Trinajstić information content (AvgIpc) is 3.07. The minimum Gasteiger partial charge on any atom is -0.484 e. The Hall–Kier alpha value is -3.68. The van der Waals surface area contributed by atoms with Crippen LogP contribution < -0.4 is 10.1 Å². The second-order valence-corrected chi connectivity index (χ2v) is 8.38. The van der Waals surface area contributed by atoms with Crippen LogP contribution in [0.3, 0.4) is 0 Å². The maximum Gasteiger partial charge on any atom is 0.261 e. The molecule has 8 nitrogen and oxygen atoms in total. The van der Waals surface area contributed by atoms with Gasteiger partial charge in [-0.15, -0.1) is 0 Å². The number of piperidine rings is 1. The van der Waals surface area contributed by atoms with Gasteiger partial charge in [-0.3, -0.25) is 24.1 Å². The SMILES string of the molecule is Cc1ccc(OCC(=O)NC2CCN(C(=O)CCN3C(=O)c4ccccc4C3=O)CC2)cc1. The molecule has 0 saturated carbocycles. The molecular formula is C25H27N3O5. The summed E-state index contributed by atoms with van der Waals surface area (Å²) in [4.78, 5) is 52.5. The molecular weight excluding hydrogens is 422 g/mol. The van der Waals surface area contributed by atoms with Crippen LogP contribution in [0.25, 0.3) is 0 Å². The monoisotopic (exact) mass is 449 g/mol. The molecule has 2 aliphatic heterocycles. The third-order valence-corrected chi connectivity index (χ3v) is 6.03. The van der Waals surface area contributed by atoms with Crippen molar-refractivity contribution in [2.24, 2.45) is 0 Å². The second-order valence-electron chi connectivity index (χ2n) is 8.38. The second kappa shape index (κ2) is 9.85. The lowest BCUT2D eigenvalue weighted by molar-refractivity contribution is -0.132. The number of nitrogens with one attached hydrogen (secondary N) is 1. The van der Waals surface area contributed by atoms with E-state index < -0.39 is 0 Å². The van der Waals surface area contributed by atoms with Gasteiger partial charge in [0.25, 0.3) is 17.7 Å². The normalized spacial score (nSPS) is 16.0. The summed E-state index contributed by atoms with van der Waals surface area (Å²) in [6.07, 6.45) is 1.39. The Morgan fingerprint density at radius 2 is 1.58 bits per heavy atom. The van der Waals surface area contributed by atoms with E-state index in [4.69, 9.17) is 4.74 Å². The van der Waals surface area contributed by atoms with Gasteiger partial charge in [-0.2, -0.15) is 0 Å². The number of ether oxygens (including phenoxy) is 1. The van der Waals surface area contributed by atoms with Gasteiger partial charge in [-0.05, 0) is 44.0 Å². The highest BCUT2D eigenvalue weighted by atomic mass is 16.5. The first-order valence-corrected chi connectivity index (χ1v) is 11.1. The number of fused-ring (bicyclic) bond motifs is 1. The van der Waals surface area contributed by atoms with E-state index in [1.807, 2.05) is 31.2 Å². The van der Waals surface area contributed by atoms with Gasteiger partial charge in [0, 0.05) is 32.1 Å². The highest BCUT2D eigenvalue weighted by molar-refractivity contribution is 6.21. The van der Waals surface area contributed by atoms with Crippen LogP contribution in [-0.4, -0.2) is 65.7 Å². The summed E-state index contributed by atoms with van der Waals surface area (Å²) in [5.41, 5.74) is 1.90. The Bertz CT molecular complexity index is 1020. The molecule has 8 heteroatoms. The molecule has 0 aliphatic carbocycles. The van der Waals surface area contributed by atoms with Crippen LogP contribution in [0.1, 0.15) is 45.5 Å². The van der Waals surface area contributed by atoms with Crippen molar-refractivity contribution >= 4 is 23.6 Å². The number of amides is 4. The summed E-state index contributed by atoms with van der Waals surface area (Å²) in [6, 6.07) is 14.2. The summed E-state index contributed by atoms with van der Waals surface area (Å²) < 4.78 is 5.51. The van der Waals surface area contributed by atoms with Crippen LogP contribution in [-0.2, 0) is 9.59 Å². The number of rotatable bonds is 7. The Morgan fingerprint density at radius 3 is 2.18 bits per heavy atom. The minimum absolute atomic E-state index is 0.0144. The van der Waals surface area contributed by atoms with Crippen LogP contribution >= 0.6 is 0 Å². The number of aryl methyl sites for hydroxylation is 1. The number of likely N-dealkylation sites (tertiary alicyclic amines) is 1. The van der Waals surface area contributed by atoms with Crippen molar-refractivity contribution in [1.29, 1.82) is 0 Å². The van der Waals surface area contributed by atoms with E-state index in [-0.39, 0.29) is 49.2 Å². The number of nitrogens with zero attached hydrogens (tertiary/aromatic N) is 2. The third kappa shape index (κ3) is 5.22. The maximum atomic E-state index is 12.6. The fraction of sp³-hybridized carbons (Fsp3) is 0.360. The first kappa shape index (κ1) is 22.5. The van der Waals surface area contributed by atoms with Crippen molar-refractivity contribution < 1.29 is 23.9 Å². The molecule has 0 unspecified atom stereocenters. The van der Waals surface area contributed by atoms with Crippen molar-refractivity contribution in [3.05, 3.63) is 65.2 Å². The number of hydrogen-bond donors (Lipinski definition) is 1. The molecule has 0 radical (unpaired) electrons. The smallest absolute Gasteiger partial charge is 0.261 e. The van der Waals surface area contributed by atoms with Crippen molar-refractivity contribution in [2.45, 2.75) is 32.2 Å². The number of carbonyl (C=O) groups excluding carboxylic acids is 4. The van der Waals surface area contributed by atoms with Gasteiger partial charge in [-0.1, -0.05) is 29.8 Å². The van der Waals surface area contributed by atoms with E-state index in [0.717, 1.165) is 10.5 Å². The molecule has 1 saturated heterocycles. The van der Waals surface area contributed by atoms with E-state index >= 15 is 0 Å². The standard InChI is InChI=1S/C25H27N3O5/c1-17-6-8-19(9-7-17)33-16-22(29)26-18-10-13-27(14-11-18)23(30)12-15-28-24(31)20-4-2-3-5-21(20)25(28)32/h2-9,18H,10-16H2,1H3,(H,26,29). The largest absolute Gasteiger partial charge is 0.484 e. The fourth-order valence-electron chi connectivity index (χ4n) is 4.13. The first-order chi connectivity index (χ1) is 15.9. The zero-order valence-electron chi connectivity index (χ0n) is 18.6. The van der Waals surface area contributed by atoms with E-state index in [1.54, 1.807) is 29.2 Å². The van der Waals surface area contributed by atoms with Crippen LogP contribution in [0.5, 0.6) is 5.75 Å². The zero-order chi connectivity index (χ0) is 23.4. The summed E-state index contributed by atoms with van der Waals surface area (Å²) >= 11 is 0. The van der Waals surface area contributed by atoms with E-state index in [9.17, 15) is 19.2 Å². The van der Waals surface area contributed by atoms with Crippen LogP contribution in [0.15, 0.2) is 48.5 Å².